The summed E-state index contributed by atoms with van der Waals surface area (Å²) in [6.45, 7) is 1.22. The minimum Gasteiger partial charge on any atom is -0.458 e. The quantitative estimate of drug-likeness (QED) is 0.758. The minimum absolute atomic E-state index is 0.0414. The molecule has 1 aromatic heterocycles. The molecule has 1 aromatic carbocycles. The number of benzene rings is 1. The Hall–Kier alpha value is -2.11. The van der Waals surface area contributed by atoms with Gasteiger partial charge in [-0.25, -0.2) is 9.97 Å². The minimum atomic E-state index is -0.122. The predicted octanol–water partition coefficient (Wildman–Crippen LogP) is 3.87. The van der Waals surface area contributed by atoms with E-state index in [1.807, 2.05) is 12.1 Å². The first kappa shape index (κ1) is 17.7. The Morgan fingerprint density at radius 2 is 1.88 bits per heavy atom. The molecule has 1 saturated heterocycles. The number of ether oxygens (including phenoxy) is 1. The van der Waals surface area contributed by atoms with Gasteiger partial charge in [0.1, 0.15) is 6.10 Å². The second-order valence-corrected chi connectivity index (χ2v) is 6.61. The second-order valence-electron chi connectivity index (χ2n) is 5.74. The molecule has 1 aliphatic heterocycles. The van der Waals surface area contributed by atoms with Gasteiger partial charge in [-0.1, -0.05) is 35.3 Å². The fourth-order valence-corrected chi connectivity index (χ4v) is 2.82. The highest BCUT2D eigenvalue weighted by molar-refractivity contribution is 6.30. The highest BCUT2D eigenvalue weighted by Crippen LogP contribution is 2.17. The molecule has 2 aromatic rings. The molecule has 130 valence electrons. The Morgan fingerprint density at radius 1 is 1.16 bits per heavy atom. The van der Waals surface area contributed by atoms with Gasteiger partial charge in [-0.2, -0.15) is 0 Å². The molecule has 3 rings (SSSR count). The van der Waals surface area contributed by atoms with Crippen LogP contribution in [0.5, 0.6) is 6.01 Å². The maximum Gasteiger partial charge on any atom is 0.316 e. The number of nitrogens with zero attached hydrogens (tertiary/aromatic N) is 3. The molecule has 1 aliphatic rings. The van der Waals surface area contributed by atoms with Gasteiger partial charge in [0.2, 0.25) is 5.91 Å². The van der Waals surface area contributed by atoms with E-state index in [1.54, 1.807) is 29.2 Å². The van der Waals surface area contributed by atoms with E-state index in [2.05, 4.69) is 9.97 Å². The molecular weight excluding hydrogens is 361 g/mol. The molecule has 7 heteroatoms. The van der Waals surface area contributed by atoms with E-state index in [0.29, 0.717) is 23.1 Å². The highest BCUT2D eigenvalue weighted by atomic mass is 35.5. The Bertz CT molecular complexity index is 748. The van der Waals surface area contributed by atoms with Gasteiger partial charge in [-0.05, 0) is 36.6 Å². The van der Waals surface area contributed by atoms with Gasteiger partial charge in [0.25, 0.3) is 0 Å². The SMILES string of the molecule is O=C(/C=C/c1ccc(Cl)cc1)N1CCCC(Oc2ncc(Cl)cn2)C1. The van der Waals surface area contributed by atoms with Crippen molar-refractivity contribution >= 4 is 35.2 Å². The lowest BCUT2D eigenvalue weighted by Crippen LogP contribution is -2.43. The number of carbonyl (C=O) groups is 1. The third-order valence-corrected chi connectivity index (χ3v) is 4.29. The largest absolute Gasteiger partial charge is 0.458 e. The van der Waals surface area contributed by atoms with E-state index < -0.39 is 0 Å². The number of halogens is 2. The fourth-order valence-electron chi connectivity index (χ4n) is 2.59. The lowest BCUT2D eigenvalue weighted by Gasteiger charge is -2.31. The molecule has 0 bridgehead atoms. The summed E-state index contributed by atoms with van der Waals surface area (Å²) in [7, 11) is 0. The van der Waals surface area contributed by atoms with Crippen LogP contribution >= 0.6 is 23.2 Å². The normalized spacial score (nSPS) is 17.7. The summed E-state index contributed by atoms with van der Waals surface area (Å²) < 4.78 is 5.75. The predicted molar refractivity (Wildman–Crippen MR) is 97.8 cm³/mol. The molecule has 1 fully saturated rings. The zero-order chi connectivity index (χ0) is 17.6. The molecule has 0 aliphatic carbocycles. The molecule has 0 N–H and O–H groups in total. The smallest absolute Gasteiger partial charge is 0.316 e. The van der Waals surface area contributed by atoms with E-state index >= 15 is 0 Å². The Labute approximate surface area is 156 Å². The van der Waals surface area contributed by atoms with Crippen LogP contribution in [0.3, 0.4) is 0 Å². The molecule has 1 atom stereocenters. The van der Waals surface area contributed by atoms with E-state index in [1.165, 1.54) is 12.4 Å². The Kier molecular flexibility index (Phi) is 5.89. The van der Waals surface area contributed by atoms with Gasteiger partial charge < -0.3 is 9.64 Å². The Morgan fingerprint density at radius 3 is 2.60 bits per heavy atom. The number of carbonyl (C=O) groups excluding carboxylic acids is 1. The van der Waals surface area contributed by atoms with Crippen LogP contribution in [0.1, 0.15) is 18.4 Å². The summed E-state index contributed by atoms with van der Waals surface area (Å²) >= 11 is 11.6. The van der Waals surface area contributed by atoms with Crippen LogP contribution in [0.25, 0.3) is 6.08 Å². The lowest BCUT2D eigenvalue weighted by molar-refractivity contribution is -0.128. The van der Waals surface area contributed by atoms with Crippen molar-refractivity contribution in [3.63, 3.8) is 0 Å². The van der Waals surface area contributed by atoms with Crippen molar-refractivity contribution in [3.05, 3.63) is 58.3 Å². The number of rotatable bonds is 4. The van der Waals surface area contributed by atoms with E-state index in [0.717, 1.165) is 18.4 Å². The van der Waals surface area contributed by atoms with Gasteiger partial charge in [0, 0.05) is 17.6 Å². The van der Waals surface area contributed by atoms with Crippen LogP contribution in [0.2, 0.25) is 10.0 Å². The monoisotopic (exact) mass is 377 g/mol. The van der Waals surface area contributed by atoms with Crippen molar-refractivity contribution in [2.75, 3.05) is 13.1 Å². The zero-order valence-corrected chi connectivity index (χ0v) is 15.0. The van der Waals surface area contributed by atoms with Gasteiger partial charge >= 0.3 is 6.01 Å². The molecule has 1 unspecified atom stereocenters. The molecule has 1 amide bonds. The van der Waals surface area contributed by atoms with Crippen molar-refractivity contribution in [2.24, 2.45) is 0 Å². The summed E-state index contributed by atoms with van der Waals surface area (Å²) in [6, 6.07) is 7.60. The van der Waals surface area contributed by atoms with Crippen LogP contribution in [0.15, 0.2) is 42.7 Å². The number of piperidine rings is 1. The third-order valence-electron chi connectivity index (χ3n) is 3.85. The lowest BCUT2D eigenvalue weighted by atomic mass is 10.1. The summed E-state index contributed by atoms with van der Waals surface area (Å²) in [6.07, 6.45) is 7.95. The molecule has 0 saturated carbocycles. The average Bonchev–Trinajstić information content (AvgIpc) is 2.63. The van der Waals surface area contributed by atoms with Crippen LogP contribution in [0.4, 0.5) is 0 Å². The van der Waals surface area contributed by atoms with Crippen molar-refractivity contribution in [1.29, 1.82) is 0 Å². The van der Waals surface area contributed by atoms with Crippen LogP contribution in [-0.2, 0) is 4.79 Å². The summed E-state index contributed by atoms with van der Waals surface area (Å²) in [5.41, 5.74) is 0.928. The zero-order valence-electron chi connectivity index (χ0n) is 13.4. The van der Waals surface area contributed by atoms with Gasteiger partial charge in [-0.15, -0.1) is 0 Å². The summed E-state index contributed by atoms with van der Waals surface area (Å²) in [5, 5.41) is 1.13. The number of likely N-dealkylation sites (tertiary alicyclic amines) is 1. The molecular formula is C18H17Cl2N3O2. The maximum atomic E-state index is 12.4. The van der Waals surface area contributed by atoms with Crippen molar-refractivity contribution in [2.45, 2.75) is 18.9 Å². The van der Waals surface area contributed by atoms with E-state index in [9.17, 15) is 4.79 Å². The first-order valence-electron chi connectivity index (χ1n) is 7.97. The third kappa shape index (κ3) is 5.18. The second kappa shape index (κ2) is 8.32. The van der Waals surface area contributed by atoms with Crippen LogP contribution in [0, 0.1) is 0 Å². The standard InChI is InChI=1S/C18H17Cl2N3O2/c19-14-6-3-13(4-7-14)5-8-17(24)23-9-1-2-16(12-23)25-18-21-10-15(20)11-22-18/h3-8,10-11,16H,1-2,9,12H2/b8-5+. The van der Waals surface area contributed by atoms with Crippen LogP contribution in [-0.4, -0.2) is 40.0 Å². The summed E-state index contributed by atoms with van der Waals surface area (Å²) in [4.78, 5) is 22.2. The van der Waals surface area contributed by atoms with Gasteiger partial charge in [0.15, 0.2) is 0 Å². The molecule has 0 radical (unpaired) electrons. The number of aromatic nitrogens is 2. The van der Waals surface area contributed by atoms with E-state index in [-0.39, 0.29) is 18.0 Å². The maximum absolute atomic E-state index is 12.4. The average molecular weight is 378 g/mol. The Balaban J connectivity index is 1.57. The molecule has 25 heavy (non-hydrogen) atoms. The van der Waals surface area contributed by atoms with Crippen LogP contribution < -0.4 is 4.74 Å². The van der Waals surface area contributed by atoms with Crippen molar-refractivity contribution in [3.8, 4) is 6.01 Å². The number of hydrogen-bond donors (Lipinski definition) is 0. The van der Waals surface area contributed by atoms with Gasteiger partial charge in [0.05, 0.1) is 24.0 Å². The molecule has 0 spiro atoms. The van der Waals surface area contributed by atoms with Crippen molar-refractivity contribution in [1.82, 2.24) is 14.9 Å². The first-order chi connectivity index (χ1) is 12.1. The van der Waals surface area contributed by atoms with Gasteiger partial charge in [-0.3, -0.25) is 4.79 Å². The number of hydrogen-bond acceptors (Lipinski definition) is 4. The highest BCUT2D eigenvalue weighted by Gasteiger charge is 2.24. The van der Waals surface area contributed by atoms with E-state index in [4.69, 9.17) is 27.9 Å². The number of amides is 1. The fraction of sp³-hybridized carbons (Fsp3) is 0.278. The molecule has 2 heterocycles. The van der Waals surface area contributed by atoms with Crippen molar-refractivity contribution < 1.29 is 9.53 Å². The topological polar surface area (TPSA) is 55.3 Å². The first-order valence-corrected chi connectivity index (χ1v) is 8.72. The summed E-state index contributed by atoms with van der Waals surface area (Å²) in [5.74, 6) is -0.0414. The molecule has 5 nitrogen and oxygen atoms in total.